The maximum atomic E-state index is 12.6. The topological polar surface area (TPSA) is 79.3 Å². The zero-order chi connectivity index (χ0) is 17.7. The quantitative estimate of drug-likeness (QED) is 0.731. The van der Waals surface area contributed by atoms with E-state index in [1.54, 1.807) is 42.5 Å². The average Bonchev–Trinajstić information content (AvgIpc) is 3.04. The minimum Gasteiger partial charge on any atom is -0.480 e. The Balaban J connectivity index is 2.13. The minimum atomic E-state index is -0.904. The Morgan fingerprint density at radius 1 is 1.33 bits per heavy atom. The first-order chi connectivity index (χ1) is 11.4. The largest absolute Gasteiger partial charge is 0.480 e. The molecule has 1 aromatic carbocycles. The SMILES string of the molecule is CCc1nc(C(C)NC(=O)c2ccccc2SC(C)C(=O)O)cs1. The molecule has 2 N–H and O–H groups in total. The molecule has 2 aromatic rings. The molecule has 0 fully saturated rings. The van der Waals surface area contributed by atoms with Gasteiger partial charge in [-0.05, 0) is 32.4 Å². The van der Waals surface area contributed by atoms with E-state index >= 15 is 0 Å². The molecule has 24 heavy (non-hydrogen) atoms. The van der Waals surface area contributed by atoms with Crippen molar-refractivity contribution < 1.29 is 14.7 Å². The second kappa shape index (κ2) is 8.30. The number of carbonyl (C=O) groups is 2. The van der Waals surface area contributed by atoms with Gasteiger partial charge in [0.25, 0.3) is 5.91 Å². The number of carbonyl (C=O) groups excluding carboxylic acids is 1. The Kier molecular flexibility index (Phi) is 6.39. The summed E-state index contributed by atoms with van der Waals surface area (Å²) in [6.45, 7) is 5.54. The molecule has 0 radical (unpaired) electrons. The van der Waals surface area contributed by atoms with Crippen LogP contribution < -0.4 is 5.32 Å². The van der Waals surface area contributed by atoms with Gasteiger partial charge in [0.1, 0.15) is 5.25 Å². The normalized spacial score (nSPS) is 13.3. The lowest BCUT2D eigenvalue weighted by molar-refractivity contribution is -0.136. The van der Waals surface area contributed by atoms with Gasteiger partial charge in [0.2, 0.25) is 0 Å². The summed E-state index contributed by atoms with van der Waals surface area (Å²) in [5.74, 6) is -1.13. The molecule has 2 atom stereocenters. The van der Waals surface area contributed by atoms with E-state index in [4.69, 9.17) is 5.11 Å². The fraction of sp³-hybridized carbons (Fsp3) is 0.353. The summed E-state index contributed by atoms with van der Waals surface area (Å²) in [6, 6.07) is 6.83. The molecule has 0 saturated carbocycles. The van der Waals surface area contributed by atoms with Crippen molar-refractivity contribution in [2.24, 2.45) is 0 Å². The van der Waals surface area contributed by atoms with Crippen molar-refractivity contribution in [3.63, 3.8) is 0 Å². The number of hydrogen-bond acceptors (Lipinski definition) is 5. The van der Waals surface area contributed by atoms with Gasteiger partial charge in [-0.2, -0.15) is 0 Å². The van der Waals surface area contributed by atoms with Gasteiger partial charge in [-0.25, -0.2) is 4.98 Å². The van der Waals surface area contributed by atoms with Crippen LogP contribution in [0.4, 0.5) is 0 Å². The van der Waals surface area contributed by atoms with Gasteiger partial charge in [0.05, 0.1) is 22.3 Å². The first-order valence-corrected chi connectivity index (χ1v) is 9.42. The number of aliphatic carboxylic acids is 1. The van der Waals surface area contributed by atoms with Crippen LogP contribution in [0.15, 0.2) is 34.5 Å². The van der Waals surface area contributed by atoms with Gasteiger partial charge in [-0.1, -0.05) is 19.1 Å². The van der Waals surface area contributed by atoms with Crippen molar-refractivity contribution in [2.45, 2.75) is 43.4 Å². The highest BCUT2D eigenvalue weighted by molar-refractivity contribution is 8.00. The predicted molar refractivity (Wildman–Crippen MR) is 96.8 cm³/mol. The number of rotatable bonds is 7. The zero-order valence-electron chi connectivity index (χ0n) is 13.8. The van der Waals surface area contributed by atoms with Crippen molar-refractivity contribution in [3.8, 4) is 0 Å². The van der Waals surface area contributed by atoms with Crippen molar-refractivity contribution >= 4 is 35.0 Å². The Labute approximate surface area is 149 Å². The number of amides is 1. The second-order valence-corrected chi connectivity index (χ2v) is 7.63. The van der Waals surface area contributed by atoms with Crippen LogP contribution in [-0.2, 0) is 11.2 Å². The van der Waals surface area contributed by atoms with E-state index in [0.29, 0.717) is 10.5 Å². The Morgan fingerprint density at radius 3 is 2.67 bits per heavy atom. The third-order valence-corrected chi connectivity index (χ3v) is 5.62. The van der Waals surface area contributed by atoms with Crippen LogP contribution in [0.5, 0.6) is 0 Å². The van der Waals surface area contributed by atoms with E-state index < -0.39 is 11.2 Å². The number of aryl methyl sites for hydroxylation is 1. The third-order valence-electron chi connectivity index (χ3n) is 3.45. The molecule has 1 heterocycles. The maximum absolute atomic E-state index is 12.6. The summed E-state index contributed by atoms with van der Waals surface area (Å²) in [5, 5.41) is 14.4. The van der Waals surface area contributed by atoms with Crippen LogP contribution in [0.25, 0.3) is 0 Å². The highest BCUT2D eigenvalue weighted by atomic mass is 32.2. The highest BCUT2D eigenvalue weighted by Gasteiger charge is 2.19. The Morgan fingerprint density at radius 2 is 2.04 bits per heavy atom. The number of thiazole rings is 1. The van der Waals surface area contributed by atoms with Crippen LogP contribution in [0, 0.1) is 0 Å². The van der Waals surface area contributed by atoms with Gasteiger partial charge in [0, 0.05) is 10.3 Å². The van der Waals surface area contributed by atoms with Crippen molar-refractivity contribution in [1.82, 2.24) is 10.3 Å². The lowest BCUT2D eigenvalue weighted by atomic mass is 10.2. The van der Waals surface area contributed by atoms with Crippen LogP contribution in [0.3, 0.4) is 0 Å². The van der Waals surface area contributed by atoms with E-state index in [2.05, 4.69) is 10.3 Å². The number of thioether (sulfide) groups is 1. The van der Waals surface area contributed by atoms with E-state index in [1.807, 2.05) is 19.2 Å². The van der Waals surface area contributed by atoms with Crippen molar-refractivity contribution in [3.05, 3.63) is 45.9 Å². The minimum absolute atomic E-state index is 0.205. The first-order valence-electron chi connectivity index (χ1n) is 7.66. The average molecular weight is 364 g/mol. The van der Waals surface area contributed by atoms with Crippen LogP contribution in [0.1, 0.15) is 47.9 Å². The van der Waals surface area contributed by atoms with Gasteiger partial charge >= 0.3 is 5.97 Å². The van der Waals surface area contributed by atoms with E-state index in [1.165, 1.54) is 0 Å². The number of carboxylic acids is 1. The number of nitrogens with one attached hydrogen (secondary N) is 1. The Bertz CT molecular complexity index is 730. The van der Waals surface area contributed by atoms with E-state index in [0.717, 1.165) is 28.9 Å². The Hall–Kier alpha value is -1.86. The number of aromatic nitrogens is 1. The van der Waals surface area contributed by atoms with Gasteiger partial charge in [0.15, 0.2) is 0 Å². The summed E-state index contributed by atoms with van der Waals surface area (Å²) in [4.78, 5) is 28.8. The zero-order valence-corrected chi connectivity index (χ0v) is 15.4. The lowest BCUT2D eigenvalue weighted by Crippen LogP contribution is -2.27. The highest BCUT2D eigenvalue weighted by Crippen LogP contribution is 2.27. The molecule has 0 saturated heterocycles. The fourth-order valence-electron chi connectivity index (χ4n) is 2.03. The van der Waals surface area contributed by atoms with E-state index in [-0.39, 0.29) is 11.9 Å². The molecule has 2 rings (SSSR count). The summed E-state index contributed by atoms with van der Waals surface area (Å²) in [6.07, 6.45) is 0.873. The molecule has 2 unspecified atom stereocenters. The van der Waals surface area contributed by atoms with Crippen LogP contribution in [-0.4, -0.2) is 27.2 Å². The molecule has 0 aliphatic carbocycles. The smallest absolute Gasteiger partial charge is 0.316 e. The second-order valence-electron chi connectivity index (χ2n) is 5.31. The molecular formula is C17H20N2O3S2. The number of benzene rings is 1. The molecular weight excluding hydrogens is 344 g/mol. The monoisotopic (exact) mass is 364 g/mol. The molecule has 0 spiro atoms. The number of hydrogen-bond donors (Lipinski definition) is 2. The predicted octanol–water partition coefficient (Wildman–Crippen LogP) is 3.76. The molecule has 1 aromatic heterocycles. The van der Waals surface area contributed by atoms with Crippen LogP contribution in [0.2, 0.25) is 0 Å². The van der Waals surface area contributed by atoms with Crippen molar-refractivity contribution in [2.75, 3.05) is 0 Å². The van der Waals surface area contributed by atoms with Crippen molar-refractivity contribution in [1.29, 1.82) is 0 Å². The molecule has 0 aliphatic heterocycles. The molecule has 0 bridgehead atoms. The standard InChI is InChI=1S/C17H20N2O3S2/c1-4-15-19-13(9-23-15)10(2)18-16(20)12-7-5-6-8-14(12)24-11(3)17(21)22/h5-11H,4H2,1-3H3,(H,18,20)(H,21,22). The molecule has 1 amide bonds. The lowest BCUT2D eigenvalue weighted by Gasteiger charge is -2.15. The third kappa shape index (κ3) is 4.58. The van der Waals surface area contributed by atoms with Crippen LogP contribution >= 0.6 is 23.1 Å². The number of nitrogens with zero attached hydrogens (tertiary/aromatic N) is 1. The van der Waals surface area contributed by atoms with E-state index in [9.17, 15) is 9.59 Å². The maximum Gasteiger partial charge on any atom is 0.316 e. The van der Waals surface area contributed by atoms with Gasteiger partial charge < -0.3 is 10.4 Å². The molecule has 7 heteroatoms. The van der Waals surface area contributed by atoms with Gasteiger partial charge in [-0.15, -0.1) is 23.1 Å². The molecule has 0 aliphatic rings. The summed E-state index contributed by atoms with van der Waals surface area (Å²) >= 11 is 2.75. The van der Waals surface area contributed by atoms with Gasteiger partial charge in [-0.3, -0.25) is 9.59 Å². The summed E-state index contributed by atoms with van der Waals surface area (Å²) in [5.41, 5.74) is 1.32. The summed E-state index contributed by atoms with van der Waals surface area (Å²) in [7, 11) is 0. The summed E-state index contributed by atoms with van der Waals surface area (Å²) < 4.78 is 0. The molecule has 128 valence electrons. The molecule has 5 nitrogen and oxygen atoms in total. The fourth-order valence-corrected chi connectivity index (χ4v) is 3.80. The number of carboxylic acid groups (broad SMARTS) is 1. The first kappa shape index (κ1) is 18.5.